The number of thioether (sulfide) groups is 1. The van der Waals surface area contributed by atoms with E-state index >= 15 is 0 Å². The Hall–Kier alpha value is -0.370. The quantitative estimate of drug-likeness (QED) is 0.643. The zero-order valence-corrected chi connectivity index (χ0v) is 7.49. The number of aryl methyl sites for hydroxylation is 1. The van der Waals surface area contributed by atoms with Crippen LogP contribution in [0.1, 0.15) is 18.6 Å². The van der Waals surface area contributed by atoms with Crippen molar-refractivity contribution < 1.29 is 4.42 Å². The molecule has 0 N–H and O–H groups in total. The molecule has 1 aliphatic carbocycles. The fourth-order valence-corrected chi connectivity index (χ4v) is 2.17. The van der Waals surface area contributed by atoms with E-state index < -0.39 is 0 Å². The van der Waals surface area contributed by atoms with Crippen LogP contribution < -0.4 is 0 Å². The van der Waals surface area contributed by atoms with Gasteiger partial charge in [-0.15, -0.1) is 11.8 Å². The highest BCUT2D eigenvalue weighted by atomic mass is 32.2. The van der Waals surface area contributed by atoms with Gasteiger partial charge in [0.2, 0.25) is 0 Å². The lowest BCUT2D eigenvalue weighted by atomic mass is 10.5. The Labute approximate surface area is 71.2 Å². The van der Waals surface area contributed by atoms with Gasteiger partial charge in [0.15, 0.2) is 0 Å². The van der Waals surface area contributed by atoms with Crippen LogP contribution in [0.4, 0.5) is 0 Å². The predicted octanol–water partition coefficient (Wildman–Crippen LogP) is 3.09. The summed E-state index contributed by atoms with van der Waals surface area (Å²) in [5.74, 6) is 3.34. The number of hydrogen-bond acceptors (Lipinski definition) is 2. The molecule has 1 aromatic heterocycles. The molecule has 1 saturated carbocycles. The molecule has 1 heterocycles. The highest BCUT2D eigenvalue weighted by Crippen LogP contribution is 2.36. The molecule has 0 spiro atoms. The summed E-state index contributed by atoms with van der Waals surface area (Å²) in [5.41, 5.74) is 0. The Bertz CT molecular complexity index is 237. The third-order valence-corrected chi connectivity index (χ3v) is 3.36. The normalized spacial score (nSPS) is 17.2. The lowest BCUT2D eigenvalue weighted by molar-refractivity contribution is 0.527. The Morgan fingerprint density at radius 1 is 1.64 bits per heavy atom. The maximum absolute atomic E-state index is 5.20. The SMILES string of the molecule is Cc1occc1SCC1CC1. The highest BCUT2D eigenvalue weighted by Gasteiger charge is 2.21. The first-order chi connectivity index (χ1) is 5.36. The highest BCUT2D eigenvalue weighted by molar-refractivity contribution is 7.99. The molecule has 0 atom stereocenters. The van der Waals surface area contributed by atoms with Gasteiger partial charge < -0.3 is 4.42 Å². The van der Waals surface area contributed by atoms with E-state index in [9.17, 15) is 0 Å². The van der Waals surface area contributed by atoms with Gasteiger partial charge in [0.1, 0.15) is 5.76 Å². The summed E-state index contributed by atoms with van der Waals surface area (Å²) in [7, 11) is 0. The molecule has 1 aliphatic rings. The van der Waals surface area contributed by atoms with Crippen molar-refractivity contribution in [2.45, 2.75) is 24.7 Å². The molecule has 0 aliphatic heterocycles. The lowest BCUT2D eigenvalue weighted by Gasteiger charge is -1.95. The van der Waals surface area contributed by atoms with Gasteiger partial charge in [-0.25, -0.2) is 0 Å². The van der Waals surface area contributed by atoms with E-state index in [1.54, 1.807) is 6.26 Å². The average Bonchev–Trinajstić information content (AvgIpc) is 2.73. The van der Waals surface area contributed by atoms with Crippen molar-refractivity contribution in [3.63, 3.8) is 0 Å². The molecule has 1 aromatic rings. The zero-order chi connectivity index (χ0) is 7.68. The van der Waals surface area contributed by atoms with Crippen molar-refractivity contribution in [2.24, 2.45) is 5.92 Å². The van der Waals surface area contributed by atoms with Crippen LogP contribution in [0, 0.1) is 12.8 Å². The van der Waals surface area contributed by atoms with Crippen molar-refractivity contribution in [1.82, 2.24) is 0 Å². The Balaban J connectivity index is 1.89. The van der Waals surface area contributed by atoms with Crippen LogP contribution in [-0.2, 0) is 0 Å². The topological polar surface area (TPSA) is 13.1 Å². The summed E-state index contributed by atoms with van der Waals surface area (Å²) in [5, 5.41) is 0. The fourth-order valence-electron chi connectivity index (χ4n) is 1.02. The molecular weight excluding hydrogens is 156 g/mol. The molecule has 60 valence electrons. The third kappa shape index (κ3) is 1.80. The van der Waals surface area contributed by atoms with Crippen LogP contribution >= 0.6 is 11.8 Å². The minimum Gasteiger partial charge on any atom is -0.468 e. The number of hydrogen-bond donors (Lipinski definition) is 0. The fraction of sp³-hybridized carbons (Fsp3) is 0.556. The summed E-state index contributed by atoms with van der Waals surface area (Å²) >= 11 is 1.93. The number of rotatable bonds is 3. The summed E-state index contributed by atoms with van der Waals surface area (Å²) in [6, 6.07) is 2.06. The molecule has 0 saturated heterocycles. The van der Waals surface area contributed by atoms with E-state index in [1.807, 2.05) is 18.7 Å². The molecule has 0 bridgehead atoms. The molecule has 1 fully saturated rings. The molecule has 1 nitrogen and oxygen atoms in total. The van der Waals surface area contributed by atoms with Gasteiger partial charge in [0, 0.05) is 10.6 Å². The summed E-state index contributed by atoms with van der Waals surface area (Å²) in [6.45, 7) is 2.02. The standard InChI is InChI=1S/C9H12OS/c1-7-9(4-5-10-7)11-6-8-2-3-8/h4-5,8H,2-3,6H2,1H3. The minimum absolute atomic E-state index is 0.995. The van der Waals surface area contributed by atoms with E-state index in [4.69, 9.17) is 4.42 Å². The third-order valence-electron chi connectivity index (χ3n) is 1.98. The van der Waals surface area contributed by atoms with Gasteiger partial charge in [-0.2, -0.15) is 0 Å². The smallest absolute Gasteiger partial charge is 0.114 e. The Morgan fingerprint density at radius 3 is 3.00 bits per heavy atom. The summed E-state index contributed by atoms with van der Waals surface area (Å²) in [6.07, 6.45) is 4.64. The Morgan fingerprint density at radius 2 is 2.45 bits per heavy atom. The van der Waals surface area contributed by atoms with E-state index in [-0.39, 0.29) is 0 Å². The molecule has 11 heavy (non-hydrogen) atoms. The second kappa shape index (κ2) is 2.94. The van der Waals surface area contributed by atoms with E-state index in [2.05, 4.69) is 6.07 Å². The monoisotopic (exact) mass is 168 g/mol. The minimum atomic E-state index is 0.995. The molecule has 0 unspecified atom stereocenters. The maximum Gasteiger partial charge on any atom is 0.114 e. The van der Waals surface area contributed by atoms with Crippen LogP contribution in [0.25, 0.3) is 0 Å². The summed E-state index contributed by atoms with van der Waals surface area (Å²) < 4.78 is 5.20. The number of furan rings is 1. The molecule has 0 radical (unpaired) electrons. The van der Waals surface area contributed by atoms with Crippen molar-refractivity contribution >= 4 is 11.8 Å². The van der Waals surface area contributed by atoms with Crippen molar-refractivity contribution in [3.8, 4) is 0 Å². The first kappa shape index (κ1) is 7.29. The molecule has 0 aromatic carbocycles. The van der Waals surface area contributed by atoms with Crippen LogP contribution in [0.5, 0.6) is 0 Å². The van der Waals surface area contributed by atoms with Crippen LogP contribution in [0.2, 0.25) is 0 Å². The molecule has 2 heteroatoms. The van der Waals surface area contributed by atoms with Crippen LogP contribution in [-0.4, -0.2) is 5.75 Å². The molecular formula is C9H12OS. The van der Waals surface area contributed by atoms with Gasteiger partial charge in [-0.1, -0.05) is 0 Å². The molecule has 2 rings (SSSR count). The van der Waals surface area contributed by atoms with Crippen molar-refractivity contribution in [2.75, 3.05) is 5.75 Å². The van der Waals surface area contributed by atoms with Crippen molar-refractivity contribution in [3.05, 3.63) is 18.1 Å². The predicted molar refractivity (Wildman–Crippen MR) is 46.9 cm³/mol. The molecule has 0 amide bonds. The van der Waals surface area contributed by atoms with Gasteiger partial charge in [-0.05, 0) is 31.7 Å². The first-order valence-electron chi connectivity index (χ1n) is 4.03. The second-order valence-corrected chi connectivity index (χ2v) is 4.16. The summed E-state index contributed by atoms with van der Waals surface area (Å²) in [4.78, 5) is 1.32. The van der Waals surface area contributed by atoms with Gasteiger partial charge >= 0.3 is 0 Å². The maximum atomic E-state index is 5.20. The van der Waals surface area contributed by atoms with Crippen LogP contribution in [0.3, 0.4) is 0 Å². The van der Waals surface area contributed by atoms with Gasteiger partial charge in [0.05, 0.1) is 6.26 Å². The average molecular weight is 168 g/mol. The van der Waals surface area contributed by atoms with Crippen molar-refractivity contribution in [1.29, 1.82) is 0 Å². The van der Waals surface area contributed by atoms with Gasteiger partial charge in [0.25, 0.3) is 0 Å². The van der Waals surface area contributed by atoms with E-state index in [0.29, 0.717) is 0 Å². The Kier molecular flexibility index (Phi) is 1.95. The lowest BCUT2D eigenvalue weighted by Crippen LogP contribution is -1.79. The van der Waals surface area contributed by atoms with E-state index in [0.717, 1.165) is 11.7 Å². The second-order valence-electron chi connectivity index (χ2n) is 3.10. The largest absolute Gasteiger partial charge is 0.468 e. The van der Waals surface area contributed by atoms with E-state index in [1.165, 1.54) is 23.5 Å². The van der Waals surface area contributed by atoms with Gasteiger partial charge in [-0.3, -0.25) is 0 Å². The van der Waals surface area contributed by atoms with Crippen LogP contribution in [0.15, 0.2) is 21.6 Å². The zero-order valence-electron chi connectivity index (χ0n) is 6.67. The first-order valence-corrected chi connectivity index (χ1v) is 5.01.